The normalized spacial score (nSPS) is 17.0. The predicted octanol–water partition coefficient (Wildman–Crippen LogP) is 2.69. The molecule has 0 aliphatic rings. The summed E-state index contributed by atoms with van der Waals surface area (Å²) in [6, 6.07) is 0. The predicted molar refractivity (Wildman–Crippen MR) is 101 cm³/mol. The smallest absolute Gasteiger partial charge is 0.335 e. The maximum atomic E-state index is 11.8. The van der Waals surface area contributed by atoms with Crippen molar-refractivity contribution in [2.24, 2.45) is 11.8 Å². The fourth-order valence-corrected chi connectivity index (χ4v) is 2.76. The number of aliphatic carboxylic acids is 1. The minimum Gasteiger partial charge on any atom is -0.479 e. The molecular weight excluding hydrogens is 336 g/mol. The Hall–Kier alpha value is -1.24. The first-order chi connectivity index (χ1) is 12.1. The van der Waals surface area contributed by atoms with Crippen LogP contribution in [-0.2, 0) is 9.59 Å². The van der Waals surface area contributed by atoms with Gasteiger partial charge in [0.15, 0.2) is 11.9 Å². The lowest BCUT2D eigenvalue weighted by atomic mass is 9.94. The van der Waals surface area contributed by atoms with Crippen LogP contribution < -0.4 is 0 Å². The van der Waals surface area contributed by atoms with E-state index in [-0.39, 0.29) is 6.42 Å². The Morgan fingerprint density at radius 2 is 1.50 bits per heavy atom. The van der Waals surface area contributed by atoms with Crippen LogP contribution in [0.25, 0.3) is 0 Å². The van der Waals surface area contributed by atoms with Gasteiger partial charge in [-0.3, -0.25) is 4.79 Å². The number of carboxylic acids is 1. The molecule has 0 aromatic heterocycles. The first-order valence-corrected chi connectivity index (χ1v) is 9.51. The minimum atomic E-state index is -2.18. The molecule has 6 nitrogen and oxygen atoms in total. The van der Waals surface area contributed by atoms with E-state index >= 15 is 0 Å². The summed E-state index contributed by atoms with van der Waals surface area (Å²) in [5, 5.41) is 36.9. The molecule has 0 bridgehead atoms. The van der Waals surface area contributed by atoms with Crippen molar-refractivity contribution in [1.29, 1.82) is 0 Å². The molecule has 4 N–H and O–H groups in total. The first-order valence-electron chi connectivity index (χ1n) is 9.51. The zero-order valence-corrected chi connectivity index (χ0v) is 16.5. The number of ketones is 1. The molecule has 6 heteroatoms. The van der Waals surface area contributed by atoms with Crippen LogP contribution in [0.1, 0.15) is 72.6 Å². The number of aliphatic hydroxyl groups is 3. The van der Waals surface area contributed by atoms with Gasteiger partial charge in [0.25, 0.3) is 0 Å². The summed E-state index contributed by atoms with van der Waals surface area (Å²) in [7, 11) is 0. The van der Waals surface area contributed by atoms with E-state index < -0.39 is 30.1 Å². The highest BCUT2D eigenvalue weighted by molar-refractivity contribution is 5.86. The molecule has 0 aliphatic heterocycles. The Morgan fingerprint density at radius 1 is 0.923 bits per heavy atom. The Balaban J connectivity index is 4.16. The number of hydrogen-bond donors (Lipinski definition) is 4. The van der Waals surface area contributed by atoms with E-state index in [1.165, 1.54) is 19.3 Å². The number of hydrogen-bond acceptors (Lipinski definition) is 5. The van der Waals surface area contributed by atoms with Crippen LogP contribution in [0.5, 0.6) is 0 Å². The van der Waals surface area contributed by atoms with Crippen molar-refractivity contribution >= 4 is 11.8 Å². The third-order valence-corrected chi connectivity index (χ3v) is 4.63. The Kier molecular flexibility index (Phi) is 12.4. The molecule has 0 aliphatic carbocycles. The van der Waals surface area contributed by atoms with Crippen molar-refractivity contribution in [3.8, 4) is 0 Å². The minimum absolute atomic E-state index is 0.0969. The summed E-state index contributed by atoms with van der Waals surface area (Å²) >= 11 is 0. The quantitative estimate of drug-likeness (QED) is 0.349. The molecule has 152 valence electrons. The molecule has 4 atom stereocenters. The number of aliphatic hydroxyl groups excluding tert-OH is 3. The molecule has 0 radical (unpaired) electrons. The van der Waals surface area contributed by atoms with Gasteiger partial charge in [-0.05, 0) is 31.6 Å². The van der Waals surface area contributed by atoms with E-state index in [0.717, 1.165) is 30.8 Å². The van der Waals surface area contributed by atoms with Gasteiger partial charge in [-0.25, -0.2) is 4.79 Å². The van der Waals surface area contributed by atoms with Gasteiger partial charge in [-0.1, -0.05) is 58.1 Å². The van der Waals surface area contributed by atoms with E-state index in [4.69, 9.17) is 5.11 Å². The van der Waals surface area contributed by atoms with Gasteiger partial charge in [0.1, 0.15) is 12.2 Å². The Morgan fingerprint density at radius 3 is 2.04 bits per heavy atom. The van der Waals surface area contributed by atoms with E-state index in [1.807, 2.05) is 6.92 Å². The fourth-order valence-electron chi connectivity index (χ4n) is 2.76. The molecule has 0 rings (SSSR count). The molecule has 0 aromatic rings. The summed E-state index contributed by atoms with van der Waals surface area (Å²) in [4.78, 5) is 22.4. The summed E-state index contributed by atoms with van der Waals surface area (Å²) in [5.41, 5.74) is 1.02. The highest BCUT2D eigenvalue weighted by Crippen LogP contribution is 2.19. The van der Waals surface area contributed by atoms with Crippen molar-refractivity contribution in [2.75, 3.05) is 0 Å². The van der Waals surface area contributed by atoms with E-state index in [2.05, 4.69) is 20.8 Å². The molecule has 0 saturated heterocycles. The van der Waals surface area contributed by atoms with E-state index in [0.29, 0.717) is 5.92 Å². The zero-order chi connectivity index (χ0) is 20.3. The van der Waals surface area contributed by atoms with Gasteiger partial charge in [-0.15, -0.1) is 0 Å². The molecule has 26 heavy (non-hydrogen) atoms. The molecule has 0 spiro atoms. The van der Waals surface area contributed by atoms with Gasteiger partial charge < -0.3 is 20.4 Å². The van der Waals surface area contributed by atoms with Crippen LogP contribution in [-0.4, -0.2) is 50.5 Å². The zero-order valence-electron chi connectivity index (χ0n) is 16.5. The van der Waals surface area contributed by atoms with Crippen LogP contribution in [0.4, 0.5) is 0 Å². The number of carbonyl (C=O) groups is 2. The lowest BCUT2D eigenvalue weighted by Crippen LogP contribution is -2.45. The molecule has 0 amide bonds. The van der Waals surface area contributed by atoms with Gasteiger partial charge in [0.05, 0.1) is 0 Å². The van der Waals surface area contributed by atoms with Crippen molar-refractivity contribution in [3.05, 3.63) is 11.6 Å². The van der Waals surface area contributed by atoms with Crippen molar-refractivity contribution in [2.45, 2.75) is 91.0 Å². The average molecular weight is 373 g/mol. The second kappa shape index (κ2) is 13.0. The van der Waals surface area contributed by atoms with E-state index in [1.54, 1.807) is 6.08 Å². The lowest BCUT2D eigenvalue weighted by molar-refractivity contribution is -0.160. The number of allylic oxidation sites excluding steroid dienone is 2. The number of carbonyl (C=O) groups excluding carboxylic acids is 1. The second-order valence-electron chi connectivity index (χ2n) is 7.76. The van der Waals surface area contributed by atoms with Crippen LogP contribution in [0.2, 0.25) is 0 Å². The summed E-state index contributed by atoms with van der Waals surface area (Å²) < 4.78 is 0. The van der Waals surface area contributed by atoms with Crippen LogP contribution in [0.15, 0.2) is 11.6 Å². The standard InChI is InChI=1S/C20H36O6/c1-13(2)7-5-8-14(3)9-6-10-15(4)11-12-16(21)17(22)18(23)19(24)20(25)26/h11,13-14,17-19,22-24H,5-10,12H2,1-4H3,(H,25,26)/t14?,17?,18-,19-/m0/s1. The summed E-state index contributed by atoms with van der Waals surface area (Å²) in [6.45, 7) is 8.64. The highest BCUT2D eigenvalue weighted by Gasteiger charge is 2.33. The van der Waals surface area contributed by atoms with Crippen LogP contribution in [0, 0.1) is 11.8 Å². The summed E-state index contributed by atoms with van der Waals surface area (Å²) in [5.74, 6) is -0.967. The number of rotatable bonds is 14. The largest absolute Gasteiger partial charge is 0.479 e. The van der Waals surface area contributed by atoms with Gasteiger partial charge in [0, 0.05) is 6.42 Å². The maximum Gasteiger partial charge on any atom is 0.335 e. The average Bonchev–Trinajstić information content (AvgIpc) is 2.57. The monoisotopic (exact) mass is 372 g/mol. The van der Waals surface area contributed by atoms with Crippen LogP contribution >= 0.6 is 0 Å². The molecule has 0 aromatic carbocycles. The van der Waals surface area contributed by atoms with Crippen molar-refractivity contribution < 1.29 is 30.0 Å². The summed E-state index contributed by atoms with van der Waals surface area (Å²) in [6.07, 6.45) is 2.23. The number of carboxylic acid groups (broad SMARTS) is 1. The highest BCUT2D eigenvalue weighted by atomic mass is 16.4. The lowest BCUT2D eigenvalue weighted by Gasteiger charge is -2.18. The fraction of sp³-hybridized carbons (Fsp3) is 0.800. The molecule has 0 fully saturated rings. The molecular formula is C20H36O6. The molecule has 0 saturated carbocycles. The Bertz CT molecular complexity index is 457. The van der Waals surface area contributed by atoms with Crippen LogP contribution in [0.3, 0.4) is 0 Å². The SMILES string of the molecule is CC(=CCC(=O)C(O)[C@H](O)[C@H](O)C(=O)O)CCCC(C)CCCC(C)C. The van der Waals surface area contributed by atoms with Gasteiger partial charge in [-0.2, -0.15) is 0 Å². The van der Waals surface area contributed by atoms with Crippen molar-refractivity contribution in [1.82, 2.24) is 0 Å². The van der Waals surface area contributed by atoms with E-state index in [9.17, 15) is 24.9 Å². The Labute approximate surface area is 156 Å². The van der Waals surface area contributed by atoms with Gasteiger partial charge >= 0.3 is 5.97 Å². The number of Topliss-reactive ketones (excluding diaryl/α,β-unsaturated/α-hetero) is 1. The molecule has 2 unspecified atom stereocenters. The van der Waals surface area contributed by atoms with Gasteiger partial charge in [0.2, 0.25) is 0 Å². The third kappa shape index (κ3) is 10.7. The maximum absolute atomic E-state index is 11.8. The van der Waals surface area contributed by atoms with Crippen molar-refractivity contribution in [3.63, 3.8) is 0 Å². The second-order valence-corrected chi connectivity index (χ2v) is 7.76. The molecule has 0 heterocycles. The third-order valence-electron chi connectivity index (χ3n) is 4.63. The topological polar surface area (TPSA) is 115 Å². The first kappa shape index (κ1) is 24.8.